The molecule has 1 saturated heterocycles. The molecule has 8 heteroatoms. The third-order valence-corrected chi connectivity index (χ3v) is 6.14. The number of ether oxygens (including phenoxy) is 1. The van der Waals surface area contributed by atoms with Gasteiger partial charge in [-0.3, -0.25) is 9.59 Å². The van der Waals surface area contributed by atoms with Crippen molar-refractivity contribution in [2.24, 2.45) is 5.73 Å². The number of hydrogen-bond donors (Lipinski definition) is 1. The van der Waals surface area contributed by atoms with E-state index in [9.17, 15) is 9.59 Å². The standard InChI is InChI=1S/C24H29N5O3/c1-27(20-8-12-29(13-9-20)22-4-2-3-10-26-22)23(30)17-32-15-14-28-11-7-18-5-6-19(24(25)31)16-21(18)28/h2-7,10-11,16,20H,8-9,12-15,17H2,1H3,(H2,25,31). The Balaban J connectivity index is 1.23. The van der Waals surface area contributed by atoms with Gasteiger partial charge in [-0.15, -0.1) is 0 Å². The van der Waals surface area contributed by atoms with Crippen LogP contribution in [-0.2, 0) is 16.1 Å². The number of amides is 2. The third kappa shape index (κ3) is 4.91. The second-order valence-electron chi connectivity index (χ2n) is 8.11. The summed E-state index contributed by atoms with van der Waals surface area (Å²) < 4.78 is 7.68. The van der Waals surface area contributed by atoms with Crippen molar-refractivity contribution in [2.75, 3.05) is 38.3 Å². The molecule has 0 bridgehead atoms. The molecule has 2 N–H and O–H groups in total. The van der Waals surface area contributed by atoms with Crippen LogP contribution in [0.3, 0.4) is 0 Å². The highest BCUT2D eigenvalue weighted by atomic mass is 16.5. The van der Waals surface area contributed by atoms with Crippen molar-refractivity contribution >= 4 is 28.5 Å². The molecule has 8 nitrogen and oxygen atoms in total. The number of carbonyl (C=O) groups excluding carboxylic acids is 2. The fraction of sp³-hybridized carbons (Fsp3) is 0.375. The fourth-order valence-corrected chi connectivity index (χ4v) is 4.18. The Bertz CT molecular complexity index is 1070. The highest BCUT2D eigenvalue weighted by molar-refractivity contribution is 5.97. The summed E-state index contributed by atoms with van der Waals surface area (Å²) in [6.07, 6.45) is 5.58. The first-order valence-electron chi connectivity index (χ1n) is 10.9. The normalized spacial score (nSPS) is 14.6. The van der Waals surface area contributed by atoms with Gasteiger partial charge >= 0.3 is 0 Å². The van der Waals surface area contributed by atoms with Crippen molar-refractivity contribution in [1.29, 1.82) is 0 Å². The van der Waals surface area contributed by atoms with E-state index in [0.717, 1.165) is 42.7 Å². The lowest BCUT2D eigenvalue weighted by Crippen LogP contribution is -2.46. The SMILES string of the molecule is CN(C(=O)COCCn1ccc2ccc(C(N)=O)cc21)C1CCN(c2ccccn2)CC1. The summed E-state index contributed by atoms with van der Waals surface area (Å²) >= 11 is 0. The largest absolute Gasteiger partial charge is 0.370 e. The molecule has 168 valence electrons. The Morgan fingerprint density at radius 2 is 2.00 bits per heavy atom. The first kappa shape index (κ1) is 21.8. The van der Waals surface area contributed by atoms with Crippen LogP contribution >= 0.6 is 0 Å². The van der Waals surface area contributed by atoms with Crippen LogP contribution in [-0.4, -0.2) is 65.7 Å². The Kier molecular flexibility index (Phi) is 6.70. The molecule has 0 spiro atoms. The number of benzene rings is 1. The molecule has 4 rings (SSSR count). The van der Waals surface area contributed by atoms with Gasteiger partial charge in [-0.05, 0) is 48.6 Å². The first-order valence-corrected chi connectivity index (χ1v) is 10.9. The maximum atomic E-state index is 12.6. The van der Waals surface area contributed by atoms with Crippen molar-refractivity contribution < 1.29 is 14.3 Å². The van der Waals surface area contributed by atoms with Crippen LogP contribution in [0.4, 0.5) is 5.82 Å². The Labute approximate surface area is 187 Å². The number of carbonyl (C=O) groups is 2. The summed E-state index contributed by atoms with van der Waals surface area (Å²) in [5.74, 6) is 0.536. The van der Waals surface area contributed by atoms with Crippen LogP contribution in [0.5, 0.6) is 0 Å². The van der Waals surface area contributed by atoms with Crippen molar-refractivity contribution in [3.05, 3.63) is 60.4 Å². The van der Waals surface area contributed by atoms with Gasteiger partial charge in [0.25, 0.3) is 0 Å². The lowest BCUT2D eigenvalue weighted by molar-refractivity contribution is -0.137. The Morgan fingerprint density at radius 1 is 1.19 bits per heavy atom. The van der Waals surface area contributed by atoms with E-state index in [1.165, 1.54) is 0 Å². The van der Waals surface area contributed by atoms with E-state index in [1.54, 1.807) is 12.1 Å². The predicted molar refractivity (Wildman–Crippen MR) is 124 cm³/mol. The molecule has 0 aliphatic carbocycles. The number of rotatable bonds is 8. The van der Waals surface area contributed by atoms with Crippen LogP contribution in [0.25, 0.3) is 10.9 Å². The zero-order chi connectivity index (χ0) is 22.5. The molecular weight excluding hydrogens is 406 g/mol. The second-order valence-corrected chi connectivity index (χ2v) is 8.11. The molecule has 2 amide bonds. The van der Waals surface area contributed by atoms with E-state index in [1.807, 2.05) is 59.2 Å². The summed E-state index contributed by atoms with van der Waals surface area (Å²) in [4.78, 5) is 32.5. The average Bonchev–Trinajstić information content (AvgIpc) is 3.24. The maximum absolute atomic E-state index is 12.6. The minimum Gasteiger partial charge on any atom is -0.370 e. The predicted octanol–water partition coefficient (Wildman–Crippen LogP) is 2.28. The molecule has 3 aromatic rings. The first-order chi connectivity index (χ1) is 15.5. The van der Waals surface area contributed by atoms with Gasteiger partial charge in [0.1, 0.15) is 12.4 Å². The monoisotopic (exact) mass is 435 g/mol. The van der Waals surface area contributed by atoms with E-state index >= 15 is 0 Å². The van der Waals surface area contributed by atoms with Crippen LogP contribution < -0.4 is 10.6 Å². The number of anilines is 1. The topological polar surface area (TPSA) is 93.7 Å². The van der Waals surface area contributed by atoms with Gasteiger partial charge in [0.2, 0.25) is 11.8 Å². The lowest BCUT2D eigenvalue weighted by Gasteiger charge is -2.37. The van der Waals surface area contributed by atoms with Crippen molar-refractivity contribution in [3.8, 4) is 0 Å². The van der Waals surface area contributed by atoms with E-state index in [-0.39, 0.29) is 18.6 Å². The van der Waals surface area contributed by atoms with Gasteiger partial charge in [-0.1, -0.05) is 12.1 Å². The number of pyridine rings is 1. The summed E-state index contributed by atoms with van der Waals surface area (Å²) in [6.45, 7) is 2.82. The molecule has 1 aromatic carbocycles. The molecule has 32 heavy (non-hydrogen) atoms. The number of primary amides is 1. The minimum absolute atomic E-state index is 0.00494. The van der Waals surface area contributed by atoms with Crippen molar-refractivity contribution in [1.82, 2.24) is 14.5 Å². The molecule has 1 aliphatic heterocycles. The van der Waals surface area contributed by atoms with E-state index in [4.69, 9.17) is 10.5 Å². The number of aromatic nitrogens is 2. The van der Waals surface area contributed by atoms with Gasteiger partial charge in [-0.25, -0.2) is 4.98 Å². The molecule has 1 fully saturated rings. The van der Waals surface area contributed by atoms with Crippen LogP contribution in [0.2, 0.25) is 0 Å². The van der Waals surface area contributed by atoms with Crippen molar-refractivity contribution in [3.63, 3.8) is 0 Å². The molecule has 0 atom stereocenters. The lowest BCUT2D eigenvalue weighted by atomic mass is 10.0. The number of likely N-dealkylation sites (N-methyl/N-ethyl adjacent to an activating group) is 1. The van der Waals surface area contributed by atoms with Crippen molar-refractivity contribution in [2.45, 2.75) is 25.4 Å². The van der Waals surface area contributed by atoms with E-state index < -0.39 is 5.91 Å². The highest BCUT2D eigenvalue weighted by Crippen LogP contribution is 2.20. The number of nitrogens with two attached hydrogens (primary N) is 1. The smallest absolute Gasteiger partial charge is 0.248 e. The van der Waals surface area contributed by atoms with Gasteiger partial charge in [-0.2, -0.15) is 0 Å². The van der Waals surface area contributed by atoms with Gasteiger partial charge in [0.05, 0.1) is 6.61 Å². The molecule has 0 radical (unpaired) electrons. The second kappa shape index (κ2) is 9.82. The maximum Gasteiger partial charge on any atom is 0.248 e. The van der Waals surface area contributed by atoms with Gasteiger partial charge in [0.15, 0.2) is 0 Å². The van der Waals surface area contributed by atoms with E-state index in [2.05, 4.69) is 9.88 Å². The third-order valence-electron chi connectivity index (χ3n) is 6.14. The molecule has 2 aromatic heterocycles. The fourth-order valence-electron chi connectivity index (χ4n) is 4.18. The van der Waals surface area contributed by atoms with Gasteiger partial charge < -0.3 is 24.8 Å². The summed E-state index contributed by atoms with van der Waals surface area (Å²) in [5.41, 5.74) is 6.79. The Hall–Kier alpha value is -3.39. The highest BCUT2D eigenvalue weighted by Gasteiger charge is 2.25. The summed E-state index contributed by atoms with van der Waals surface area (Å²) in [5, 5.41) is 1.03. The number of hydrogen-bond acceptors (Lipinski definition) is 5. The summed E-state index contributed by atoms with van der Waals surface area (Å²) in [7, 11) is 1.86. The zero-order valence-corrected chi connectivity index (χ0v) is 18.3. The summed E-state index contributed by atoms with van der Waals surface area (Å²) in [6, 6.07) is 13.5. The molecule has 1 aliphatic rings. The number of piperidine rings is 1. The molecule has 0 saturated carbocycles. The Morgan fingerprint density at radius 3 is 2.72 bits per heavy atom. The number of fused-ring (bicyclic) bond motifs is 1. The van der Waals surface area contributed by atoms with Crippen LogP contribution in [0.1, 0.15) is 23.2 Å². The quantitative estimate of drug-likeness (QED) is 0.548. The molecule has 3 heterocycles. The van der Waals surface area contributed by atoms with Crippen LogP contribution in [0, 0.1) is 0 Å². The van der Waals surface area contributed by atoms with E-state index in [0.29, 0.717) is 18.7 Å². The van der Waals surface area contributed by atoms with Crippen LogP contribution in [0.15, 0.2) is 54.9 Å². The molecular formula is C24H29N5O3. The number of nitrogens with zero attached hydrogens (tertiary/aromatic N) is 4. The van der Waals surface area contributed by atoms with Gasteiger partial charge in [0, 0.05) is 56.2 Å². The molecule has 0 unspecified atom stereocenters. The zero-order valence-electron chi connectivity index (χ0n) is 18.3. The average molecular weight is 436 g/mol. The minimum atomic E-state index is -0.449.